The summed E-state index contributed by atoms with van der Waals surface area (Å²) in [5, 5.41) is 0. The third-order valence-electron chi connectivity index (χ3n) is 8.84. The molecule has 0 amide bonds. The number of hydrogen-bond acceptors (Lipinski definition) is 2. The van der Waals surface area contributed by atoms with Crippen LogP contribution in [0.25, 0.3) is 46.4 Å². The lowest BCUT2D eigenvalue weighted by Gasteiger charge is -2.22. The van der Waals surface area contributed by atoms with Crippen molar-refractivity contribution < 1.29 is 0 Å². The van der Waals surface area contributed by atoms with Gasteiger partial charge in [0.1, 0.15) is 0 Å². The fourth-order valence-electron chi connectivity index (χ4n) is 6.67. The van der Waals surface area contributed by atoms with Crippen LogP contribution in [0.1, 0.15) is 130 Å². The fourth-order valence-corrected chi connectivity index (χ4v) is 6.67. The summed E-state index contributed by atoms with van der Waals surface area (Å²) in [5.41, 5.74) is 11.5. The number of fused-ring (bicyclic) bond motifs is 8. The van der Waals surface area contributed by atoms with Gasteiger partial charge in [0, 0.05) is 33.2 Å². The van der Waals surface area contributed by atoms with E-state index in [1.807, 2.05) is 0 Å². The van der Waals surface area contributed by atoms with Crippen LogP contribution in [0.2, 0.25) is 0 Å². The van der Waals surface area contributed by atoms with Crippen molar-refractivity contribution in [1.29, 1.82) is 0 Å². The highest BCUT2D eigenvalue weighted by Crippen LogP contribution is 2.37. The molecule has 8 bridgehead atoms. The molecule has 1 aliphatic carbocycles. The summed E-state index contributed by atoms with van der Waals surface area (Å²) < 4.78 is 0. The molecule has 40 heavy (non-hydrogen) atoms. The van der Waals surface area contributed by atoms with Gasteiger partial charge in [0.2, 0.25) is 0 Å². The third-order valence-corrected chi connectivity index (χ3v) is 8.84. The first-order valence-corrected chi connectivity index (χ1v) is 15.9. The smallest absolute Gasteiger partial charge is 0.0693 e. The van der Waals surface area contributed by atoms with Crippen LogP contribution in [0.4, 0.5) is 0 Å². The van der Waals surface area contributed by atoms with E-state index in [0.29, 0.717) is 5.92 Å². The summed E-state index contributed by atoms with van der Waals surface area (Å²) in [5.74, 6) is 0.552. The van der Waals surface area contributed by atoms with E-state index in [-0.39, 0.29) is 0 Å². The topological polar surface area (TPSA) is 57.4 Å². The Morgan fingerprint density at radius 2 is 1.27 bits per heavy atom. The van der Waals surface area contributed by atoms with E-state index in [1.165, 1.54) is 106 Å². The van der Waals surface area contributed by atoms with Gasteiger partial charge in [-0.25, -0.2) is 9.97 Å². The van der Waals surface area contributed by atoms with Crippen molar-refractivity contribution in [1.82, 2.24) is 19.9 Å². The molecule has 4 heteroatoms. The molecule has 3 aliphatic rings. The lowest BCUT2D eigenvalue weighted by Crippen LogP contribution is -2.06. The Bertz CT molecular complexity index is 1530. The molecule has 2 N–H and O–H groups in total. The second kappa shape index (κ2) is 12.8. The zero-order valence-electron chi connectivity index (χ0n) is 24.1. The van der Waals surface area contributed by atoms with Crippen LogP contribution < -0.4 is 0 Å². The van der Waals surface area contributed by atoms with Gasteiger partial charge in [-0.2, -0.15) is 0 Å². The van der Waals surface area contributed by atoms with Gasteiger partial charge in [-0.3, -0.25) is 0 Å². The molecule has 0 atom stereocenters. The number of aryl methyl sites for hydroxylation is 1. The molecule has 3 aromatic heterocycles. The van der Waals surface area contributed by atoms with Gasteiger partial charge in [0.25, 0.3) is 0 Å². The first-order valence-electron chi connectivity index (χ1n) is 15.9. The quantitative estimate of drug-likeness (QED) is 0.176. The van der Waals surface area contributed by atoms with Crippen LogP contribution in [0.3, 0.4) is 0 Å². The molecule has 1 fully saturated rings. The Kier molecular flexibility index (Phi) is 8.61. The summed E-state index contributed by atoms with van der Waals surface area (Å²) >= 11 is 0. The normalized spacial score (nSPS) is 15.2. The highest BCUT2D eigenvalue weighted by molar-refractivity contribution is 5.81. The molecule has 0 radical (unpaired) electrons. The summed E-state index contributed by atoms with van der Waals surface area (Å²) in [4.78, 5) is 17.6. The largest absolute Gasteiger partial charge is 0.355 e. The number of aromatic amines is 2. The maximum Gasteiger partial charge on any atom is 0.0693 e. The molecule has 0 spiro atoms. The Hall–Kier alpha value is -3.40. The molecule has 6 rings (SSSR count). The van der Waals surface area contributed by atoms with Crippen molar-refractivity contribution in [2.45, 2.75) is 103 Å². The maximum atomic E-state index is 5.11. The van der Waals surface area contributed by atoms with E-state index in [4.69, 9.17) is 9.97 Å². The average molecular weight is 533 g/mol. The SMILES string of the molecule is CCCCCCCCCCc1c2nc(cc3nc(c(C4CCCCC4)c4ccc(cc5ccc1[nH]5)[nH]4)C=C3)C=C2. The highest BCUT2D eigenvalue weighted by atomic mass is 14.8. The van der Waals surface area contributed by atoms with E-state index in [0.717, 1.165) is 40.2 Å². The van der Waals surface area contributed by atoms with Crippen molar-refractivity contribution in [3.63, 3.8) is 0 Å². The van der Waals surface area contributed by atoms with Crippen molar-refractivity contribution in [2.24, 2.45) is 0 Å². The van der Waals surface area contributed by atoms with Crippen molar-refractivity contribution in [2.75, 3.05) is 0 Å². The van der Waals surface area contributed by atoms with Crippen LogP contribution in [0, 0.1) is 0 Å². The average Bonchev–Trinajstić information content (AvgIpc) is 3.79. The summed E-state index contributed by atoms with van der Waals surface area (Å²) in [6.07, 6.45) is 26.8. The first kappa shape index (κ1) is 26.8. The molecule has 0 unspecified atom stereocenters. The Labute approximate surface area is 239 Å². The second-order valence-electron chi connectivity index (χ2n) is 11.9. The van der Waals surface area contributed by atoms with Crippen molar-refractivity contribution >= 4 is 46.4 Å². The summed E-state index contributed by atoms with van der Waals surface area (Å²) in [6.45, 7) is 2.28. The molecule has 0 saturated heterocycles. The minimum absolute atomic E-state index is 0.552. The standard InChI is InChI=1S/C36H44N4/c1-2-3-4-5-6-7-8-12-15-31-32-20-16-27(37-32)24-29-18-22-34(39-29)36(26-13-10-9-11-14-26)35-23-19-30(40-35)25-28-17-21-33(31)38-28/h16-26,37,39H,2-15H2,1H3. The molecule has 0 aromatic carbocycles. The molecule has 3 aromatic rings. The van der Waals surface area contributed by atoms with Gasteiger partial charge >= 0.3 is 0 Å². The number of aromatic nitrogens is 4. The number of H-pyrrole nitrogens is 2. The molecule has 5 heterocycles. The third kappa shape index (κ3) is 6.32. The predicted octanol–water partition coefficient (Wildman–Crippen LogP) is 10.4. The predicted molar refractivity (Wildman–Crippen MR) is 171 cm³/mol. The lowest BCUT2D eigenvalue weighted by atomic mass is 9.83. The highest BCUT2D eigenvalue weighted by Gasteiger charge is 2.21. The zero-order chi connectivity index (χ0) is 27.1. The number of nitrogens with zero attached hydrogens (tertiary/aromatic N) is 2. The molecule has 208 valence electrons. The van der Waals surface area contributed by atoms with Crippen LogP contribution in [0.15, 0.2) is 36.4 Å². The molecular formula is C36H44N4. The van der Waals surface area contributed by atoms with E-state index in [1.54, 1.807) is 0 Å². The first-order chi connectivity index (χ1) is 19.8. The van der Waals surface area contributed by atoms with Gasteiger partial charge in [-0.05, 0) is 92.3 Å². The monoisotopic (exact) mass is 532 g/mol. The Morgan fingerprint density at radius 1 is 0.650 bits per heavy atom. The summed E-state index contributed by atoms with van der Waals surface area (Å²) in [7, 11) is 0. The van der Waals surface area contributed by atoms with Crippen molar-refractivity contribution in [3.05, 3.63) is 70.3 Å². The van der Waals surface area contributed by atoms with Crippen LogP contribution in [-0.2, 0) is 6.42 Å². The second-order valence-corrected chi connectivity index (χ2v) is 11.9. The van der Waals surface area contributed by atoms with Crippen molar-refractivity contribution in [3.8, 4) is 0 Å². The van der Waals surface area contributed by atoms with Gasteiger partial charge < -0.3 is 9.97 Å². The number of unbranched alkanes of at least 4 members (excludes halogenated alkanes) is 7. The minimum Gasteiger partial charge on any atom is -0.355 e. The summed E-state index contributed by atoms with van der Waals surface area (Å²) in [6, 6.07) is 13.3. The van der Waals surface area contributed by atoms with E-state index < -0.39 is 0 Å². The maximum absolute atomic E-state index is 5.11. The molecule has 1 saturated carbocycles. The minimum atomic E-state index is 0.552. The lowest BCUT2D eigenvalue weighted by molar-refractivity contribution is 0.444. The van der Waals surface area contributed by atoms with Gasteiger partial charge in [0.15, 0.2) is 0 Å². The number of hydrogen-bond donors (Lipinski definition) is 2. The van der Waals surface area contributed by atoms with Crippen LogP contribution >= 0.6 is 0 Å². The molecule has 4 nitrogen and oxygen atoms in total. The van der Waals surface area contributed by atoms with E-state index in [9.17, 15) is 0 Å². The Morgan fingerprint density at radius 3 is 2.02 bits per heavy atom. The number of nitrogens with one attached hydrogen (secondary N) is 2. The van der Waals surface area contributed by atoms with Gasteiger partial charge in [0.05, 0.1) is 22.8 Å². The number of rotatable bonds is 10. The fraction of sp³-hybridized carbons (Fsp3) is 0.444. The molecule has 2 aliphatic heterocycles. The zero-order valence-corrected chi connectivity index (χ0v) is 24.1. The van der Waals surface area contributed by atoms with E-state index >= 15 is 0 Å². The van der Waals surface area contributed by atoms with Crippen LogP contribution in [0.5, 0.6) is 0 Å². The van der Waals surface area contributed by atoms with Gasteiger partial charge in [-0.15, -0.1) is 0 Å². The van der Waals surface area contributed by atoms with E-state index in [2.05, 4.69) is 77.6 Å². The molecular weight excluding hydrogens is 488 g/mol. The Balaban J connectivity index is 1.38. The van der Waals surface area contributed by atoms with Crippen LogP contribution in [-0.4, -0.2) is 19.9 Å². The van der Waals surface area contributed by atoms with Gasteiger partial charge in [-0.1, -0.05) is 71.1 Å².